The second-order valence-corrected chi connectivity index (χ2v) is 13.3. The van der Waals surface area contributed by atoms with Gasteiger partial charge in [0.15, 0.2) is 0 Å². The molecule has 0 unspecified atom stereocenters. The van der Waals surface area contributed by atoms with Gasteiger partial charge in [0.2, 0.25) is 5.91 Å². The number of hydrogen-bond donors (Lipinski definition) is 2. The lowest BCUT2D eigenvalue weighted by atomic mass is 10.1. The summed E-state index contributed by atoms with van der Waals surface area (Å²) in [4.78, 5) is 13.2. The number of amides is 1. The third-order valence-electron chi connectivity index (χ3n) is 6.07. The molecule has 0 atom stereocenters. The van der Waals surface area contributed by atoms with Crippen LogP contribution in [0.2, 0.25) is 5.02 Å². The summed E-state index contributed by atoms with van der Waals surface area (Å²) in [7, 11) is -7.96. The number of nitrogens with zero attached hydrogens (tertiary/aromatic N) is 1. The third-order valence-corrected chi connectivity index (χ3v) is 9.50. The second kappa shape index (κ2) is 11.7. The van der Waals surface area contributed by atoms with Gasteiger partial charge in [-0.25, -0.2) is 16.8 Å². The van der Waals surface area contributed by atoms with Gasteiger partial charge >= 0.3 is 0 Å². The van der Waals surface area contributed by atoms with Crippen LogP contribution in [0.5, 0.6) is 0 Å². The van der Waals surface area contributed by atoms with E-state index in [4.69, 9.17) is 11.6 Å². The molecule has 0 spiro atoms. The molecule has 0 heterocycles. The van der Waals surface area contributed by atoms with Crippen LogP contribution in [0.1, 0.15) is 16.7 Å². The smallest absolute Gasteiger partial charge is 0.264 e. The molecule has 4 rings (SSSR count). The summed E-state index contributed by atoms with van der Waals surface area (Å²) < 4.78 is 56.4. The van der Waals surface area contributed by atoms with Gasteiger partial charge in [0.1, 0.15) is 6.54 Å². The first-order valence-corrected chi connectivity index (χ1v) is 15.5. The van der Waals surface area contributed by atoms with Gasteiger partial charge < -0.3 is 5.32 Å². The number of carbonyl (C=O) groups excluding carboxylic acids is 1. The van der Waals surface area contributed by atoms with Crippen molar-refractivity contribution in [1.82, 2.24) is 0 Å². The van der Waals surface area contributed by atoms with Gasteiger partial charge in [0, 0.05) is 16.4 Å². The summed E-state index contributed by atoms with van der Waals surface area (Å²) in [6.07, 6.45) is 0. The Balaban J connectivity index is 1.55. The molecule has 0 saturated carbocycles. The van der Waals surface area contributed by atoms with Crippen LogP contribution in [-0.4, -0.2) is 29.3 Å². The number of sulfonamides is 2. The molecule has 0 saturated heterocycles. The second-order valence-electron chi connectivity index (χ2n) is 9.30. The number of carbonyl (C=O) groups is 1. The van der Waals surface area contributed by atoms with Crippen molar-refractivity contribution in [1.29, 1.82) is 0 Å². The van der Waals surface area contributed by atoms with E-state index in [0.717, 1.165) is 15.4 Å². The monoisotopic (exact) mass is 597 g/mol. The van der Waals surface area contributed by atoms with Crippen LogP contribution >= 0.6 is 11.6 Å². The average Bonchev–Trinajstić information content (AvgIpc) is 2.90. The fourth-order valence-electron chi connectivity index (χ4n) is 3.91. The van der Waals surface area contributed by atoms with Gasteiger partial charge in [-0.05, 0) is 98.6 Å². The maximum absolute atomic E-state index is 13.7. The minimum Gasteiger partial charge on any atom is -0.325 e. The molecule has 0 aliphatic rings. The zero-order valence-electron chi connectivity index (χ0n) is 22.1. The molecular formula is C29H28ClN3O5S2. The first kappa shape index (κ1) is 29.1. The van der Waals surface area contributed by atoms with E-state index in [2.05, 4.69) is 10.0 Å². The fourth-order valence-corrected chi connectivity index (χ4v) is 6.57. The predicted octanol–water partition coefficient (Wildman–Crippen LogP) is 5.90. The van der Waals surface area contributed by atoms with E-state index in [0.29, 0.717) is 27.6 Å². The van der Waals surface area contributed by atoms with Crippen molar-refractivity contribution in [3.8, 4) is 0 Å². The third kappa shape index (κ3) is 6.82. The maximum Gasteiger partial charge on any atom is 0.264 e. The normalized spacial score (nSPS) is 11.6. The van der Waals surface area contributed by atoms with E-state index in [1.165, 1.54) is 36.4 Å². The molecule has 0 aromatic heterocycles. The molecule has 0 fully saturated rings. The summed E-state index contributed by atoms with van der Waals surface area (Å²) in [6, 6.07) is 23.6. The molecule has 4 aromatic rings. The standard InChI is InChI=1S/C29H28ClN3O5S2/c1-20-5-14-27(15-6-20)40(37,38)33(28-18-21(2)4-7-22(28)3)19-29(34)31-24-12-16-26(17-13-24)39(35,36)32-25-10-8-23(30)9-11-25/h4-18,32H,19H2,1-3H3,(H,31,34). The lowest BCUT2D eigenvalue weighted by Gasteiger charge is -2.26. The summed E-state index contributed by atoms with van der Waals surface area (Å²) in [6.45, 7) is 4.99. The molecule has 0 radical (unpaired) electrons. The molecule has 1 amide bonds. The molecule has 40 heavy (non-hydrogen) atoms. The van der Waals surface area contributed by atoms with E-state index >= 15 is 0 Å². The molecule has 4 aromatic carbocycles. The van der Waals surface area contributed by atoms with Crippen LogP contribution in [0.4, 0.5) is 17.1 Å². The lowest BCUT2D eigenvalue weighted by molar-refractivity contribution is -0.114. The van der Waals surface area contributed by atoms with Crippen LogP contribution in [0, 0.1) is 20.8 Å². The van der Waals surface area contributed by atoms with Crippen molar-refractivity contribution in [2.75, 3.05) is 20.9 Å². The van der Waals surface area contributed by atoms with Crippen LogP contribution < -0.4 is 14.3 Å². The van der Waals surface area contributed by atoms with E-state index in [-0.39, 0.29) is 9.79 Å². The number of hydrogen-bond acceptors (Lipinski definition) is 5. The van der Waals surface area contributed by atoms with Crippen molar-refractivity contribution in [2.45, 2.75) is 30.6 Å². The van der Waals surface area contributed by atoms with Crippen molar-refractivity contribution in [3.05, 3.63) is 113 Å². The highest BCUT2D eigenvalue weighted by Crippen LogP contribution is 2.28. The van der Waals surface area contributed by atoms with Crippen molar-refractivity contribution < 1.29 is 21.6 Å². The Kier molecular flexibility index (Phi) is 8.53. The first-order valence-electron chi connectivity index (χ1n) is 12.2. The molecule has 11 heteroatoms. The lowest BCUT2D eigenvalue weighted by Crippen LogP contribution is -2.38. The number of nitrogens with one attached hydrogen (secondary N) is 2. The number of benzene rings is 4. The summed E-state index contributed by atoms with van der Waals surface area (Å²) in [5.41, 5.74) is 3.49. The van der Waals surface area contributed by atoms with E-state index < -0.39 is 32.5 Å². The highest BCUT2D eigenvalue weighted by molar-refractivity contribution is 7.93. The Labute approximate surface area is 239 Å². The Bertz CT molecular complexity index is 1740. The largest absolute Gasteiger partial charge is 0.325 e. The maximum atomic E-state index is 13.7. The minimum absolute atomic E-state index is 0.0144. The number of halogens is 1. The van der Waals surface area contributed by atoms with Crippen LogP contribution in [0.25, 0.3) is 0 Å². The number of aryl methyl sites for hydroxylation is 3. The molecule has 0 aliphatic carbocycles. The van der Waals surface area contributed by atoms with Gasteiger partial charge in [0.25, 0.3) is 20.0 Å². The van der Waals surface area contributed by atoms with Gasteiger partial charge in [-0.3, -0.25) is 13.8 Å². The van der Waals surface area contributed by atoms with Gasteiger partial charge in [-0.2, -0.15) is 0 Å². The highest BCUT2D eigenvalue weighted by Gasteiger charge is 2.28. The molecule has 2 N–H and O–H groups in total. The Morgan fingerprint density at radius 1 is 0.725 bits per heavy atom. The summed E-state index contributed by atoms with van der Waals surface area (Å²) in [5, 5.41) is 3.15. The fraction of sp³-hybridized carbons (Fsp3) is 0.138. The molecule has 0 aliphatic heterocycles. The Morgan fingerprint density at radius 3 is 1.90 bits per heavy atom. The number of rotatable bonds is 9. The van der Waals surface area contributed by atoms with Crippen LogP contribution in [0.3, 0.4) is 0 Å². The first-order chi connectivity index (χ1) is 18.8. The SMILES string of the molecule is Cc1ccc(S(=O)(=O)N(CC(=O)Nc2ccc(S(=O)(=O)Nc3ccc(Cl)cc3)cc2)c2cc(C)ccc2C)cc1. The van der Waals surface area contributed by atoms with Gasteiger partial charge in [0.05, 0.1) is 15.5 Å². The van der Waals surface area contributed by atoms with Gasteiger partial charge in [-0.1, -0.05) is 41.4 Å². The quantitative estimate of drug-likeness (QED) is 0.249. The molecule has 0 bridgehead atoms. The zero-order valence-corrected chi connectivity index (χ0v) is 24.4. The van der Waals surface area contributed by atoms with E-state index in [1.54, 1.807) is 55.5 Å². The Hall–Kier alpha value is -3.86. The summed E-state index contributed by atoms with van der Waals surface area (Å²) in [5.74, 6) is -0.591. The predicted molar refractivity (Wildman–Crippen MR) is 159 cm³/mol. The van der Waals surface area contributed by atoms with Gasteiger partial charge in [-0.15, -0.1) is 0 Å². The molecular weight excluding hydrogens is 570 g/mol. The van der Waals surface area contributed by atoms with E-state index in [9.17, 15) is 21.6 Å². The molecule has 8 nitrogen and oxygen atoms in total. The molecule has 208 valence electrons. The van der Waals surface area contributed by atoms with Crippen molar-refractivity contribution in [2.24, 2.45) is 0 Å². The zero-order chi connectivity index (χ0) is 29.1. The topological polar surface area (TPSA) is 113 Å². The Morgan fingerprint density at radius 2 is 1.27 bits per heavy atom. The minimum atomic E-state index is -4.08. The van der Waals surface area contributed by atoms with Crippen LogP contribution in [-0.2, 0) is 24.8 Å². The van der Waals surface area contributed by atoms with E-state index in [1.807, 2.05) is 19.9 Å². The highest BCUT2D eigenvalue weighted by atomic mass is 35.5. The van der Waals surface area contributed by atoms with Crippen LogP contribution in [0.15, 0.2) is 101 Å². The summed E-state index contributed by atoms with van der Waals surface area (Å²) >= 11 is 5.85. The number of anilines is 3. The van der Waals surface area contributed by atoms with Crippen molar-refractivity contribution in [3.63, 3.8) is 0 Å². The van der Waals surface area contributed by atoms with Crippen molar-refractivity contribution >= 4 is 54.6 Å². The average molecular weight is 598 g/mol.